The molecule has 2 saturated heterocycles. The third-order valence-electron chi connectivity index (χ3n) is 3.98. The smallest absolute Gasteiger partial charge is 0.115 e. The van der Waals surface area contributed by atoms with Crippen LogP contribution in [0.5, 0.6) is 5.75 Å². The fraction of sp³-hybridized carbons (Fsp3) is 0.600. The highest BCUT2D eigenvalue weighted by Gasteiger charge is 2.31. The molecule has 2 heterocycles. The van der Waals surface area contributed by atoms with E-state index in [4.69, 9.17) is 9.47 Å². The maximum absolute atomic E-state index is 9.61. The molecule has 20 heavy (non-hydrogen) atoms. The van der Waals surface area contributed by atoms with Gasteiger partial charge in [-0.1, -0.05) is 15.9 Å². The van der Waals surface area contributed by atoms with Crippen molar-refractivity contribution in [1.82, 2.24) is 4.90 Å². The molecule has 0 radical (unpaired) electrons. The monoisotopic (exact) mass is 341 g/mol. The van der Waals surface area contributed by atoms with Crippen molar-refractivity contribution in [3.63, 3.8) is 0 Å². The van der Waals surface area contributed by atoms with Gasteiger partial charge < -0.3 is 14.6 Å². The molecule has 4 nitrogen and oxygen atoms in total. The lowest BCUT2D eigenvalue weighted by Crippen LogP contribution is -2.47. The van der Waals surface area contributed by atoms with Gasteiger partial charge in [0, 0.05) is 30.7 Å². The molecule has 1 aromatic rings. The van der Waals surface area contributed by atoms with Gasteiger partial charge in [-0.3, -0.25) is 4.90 Å². The Hall–Kier alpha value is -0.620. The molecule has 0 saturated carbocycles. The lowest BCUT2D eigenvalue weighted by atomic mass is 10.1. The second-order valence-electron chi connectivity index (χ2n) is 5.47. The molecule has 110 valence electrons. The van der Waals surface area contributed by atoms with E-state index in [2.05, 4.69) is 20.8 Å². The fourth-order valence-corrected chi connectivity index (χ4v) is 3.29. The predicted molar refractivity (Wildman–Crippen MR) is 79.8 cm³/mol. The Labute approximate surface area is 127 Å². The molecule has 2 aliphatic heterocycles. The molecule has 1 aromatic carbocycles. The van der Waals surface area contributed by atoms with E-state index in [1.165, 1.54) is 0 Å². The second kappa shape index (κ2) is 6.43. The van der Waals surface area contributed by atoms with Crippen LogP contribution in [0.15, 0.2) is 22.7 Å². The highest BCUT2D eigenvalue weighted by Crippen LogP contribution is 2.25. The number of aromatic hydroxyl groups is 1. The molecule has 1 N–H and O–H groups in total. The maximum Gasteiger partial charge on any atom is 0.115 e. The van der Waals surface area contributed by atoms with Gasteiger partial charge in [0.2, 0.25) is 0 Å². The number of hydrogen-bond donors (Lipinski definition) is 1. The van der Waals surface area contributed by atoms with Crippen LogP contribution in [0.1, 0.15) is 18.4 Å². The molecule has 2 aliphatic rings. The molecule has 0 bridgehead atoms. The minimum Gasteiger partial charge on any atom is -0.508 e. The Morgan fingerprint density at radius 3 is 2.90 bits per heavy atom. The molecular formula is C15H20BrNO3. The average molecular weight is 342 g/mol. The third kappa shape index (κ3) is 3.34. The highest BCUT2D eigenvalue weighted by atomic mass is 79.9. The first-order valence-corrected chi connectivity index (χ1v) is 7.94. The van der Waals surface area contributed by atoms with Crippen LogP contribution in [0.3, 0.4) is 0 Å². The van der Waals surface area contributed by atoms with Gasteiger partial charge in [-0.05, 0) is 36.6 Å². The minimum atomic E-state index is 0.183. The summed E-state index contributed by atoms with van der Waals surface area (Å²) in [5, 5.41) is 9.61. The van der Waals surface area contributed by atoms with E-state index in [9.17, 15) is 5.11 Å². The Balaban J connectivity index is 1.63. The normalized spacial score (nSPS) is 27.9. The van der Waals surface area contributed by atoms with Gasteiger partial charge in [0.05, 0.1) is 18.8 Å². The number of phenolic OH excluding ortho intramolecular Hbond substituents is 1. The van der Waals surface area contributed by atoms with Crippen molar-refractivity contribution in [1.29, 1.82) is 0 Å². The van der Waals surface area contributed by atoms with Gasteiger partial charge in [0.1, 0.15) is 5.75 Å². The van der Waals surface area contributed by atoms with E-state index < -0.39 is 0 Å². The van der Waals surface area contributed by atoms with E-state index in [1.54, 1.807) is 6.07 Å². The van der Waals surface area contributed by atoms with Gasteiger partial charge >= 0.3 is 0 Å². The van der Waals surface area contributed by atoms with Crippen LogP contribution in [-0.4, -0.2) is 48.5 Å². The van der Waals surface area contributed by atoms with Crippen LogP contribution in [0.2, 0.25) is 0 Å². The van der Waals surface area contributed by atoms with E-state index in [0.29, 0.717) is 5.75 Å². The fourth-order valence-electron chi connectivity index (χ4n) is 2.92. The summed E-state index contributed by atoms with van der Waals surface area (Å²) in [4.78, 5) is 2.37. The molecule has 0 unspecified atom stereocenters. The number of phenols is 1. The number of benzene rings is 1. The summed E-state index contributed by atoms with van der Waals surface area (Å²) in [5.74, 6) is 0.312. The van der Waals surface area contributed by atoms with E-state index in [0.717, 1.165) is 55.7 Å². The molecule has 0 aliphatic carbocycles. The summed E-state index contributed by atoms with van der Waals surface area (Å²) < 4.78 is 12.6. The number of nitrogens with zero attached hydrogens (tertiary/aromatic N) is 1. The molecular weight excluding hydrogens is 322 g/mol. The summed E-state index contributed by atoms with van der Waals surface area (Å²) in [7, 11) is 0. The Bertz CT molecular complexity index is 462. The minimum absolute atomic E-state index is 0.183. The van der Waals surface area contributed by atoms with Crippen molar-refractivity contribution in [2.24, 2.45) is 0 Å². The first-order valence-electron chi connectivity index (χ1n) is 7.15. The number of hydrogen-bond acceptors (Lipinski definition) is 4. The van der Waals surface area contributed by atoms with Crippen LogP contribution in [0.4, 0.5) is 0 Å². The topological polar surface area (TPSA) is 41.9 Å². The molecule has 0 aromatic heterocycles. The Morgan fingerprint density at radius 2 is 2.10 bits per heavy atom. The van der Waals surface area contributed by atoms with Crippen molar-refractivity contribution < 1.29 is 14.6 Å². The summed E-state index contributed by atoms with van der Waals surface area (Å²) in [5.41, 5.74) is 1.11. The summed E-state index contributed by atoms with van der Waals surface area (Å²) in [6, 6.07) is 5.41. The maximum atomic E-state index is 9.61. The molecule has 2 atom stereocenters. The van der Waals surface area contributed by atoms with E-state index in [-0.39, 0.29) is 12.2 Å². The van der Waals surface area contributed by atoms with Crippen LogP contribution in [0.25, 0.3) is 0 Å². The van der Waals surface area contributed by atoms with Crippen molar-refractivity contribution in [3.8, 4) is 5.75 Å². The summed E-state index contributed by atoms with van der Waals surface area (Å²) >= 11 is 3.54. The molecule has 5 heteroatoms. The second-order valence-corrected chi connectivity index (χ2v) is 6.33. The van der Waals surface area contributed by atoms with Crippen molar-refractivity contribution in [2.45, 2.75) is 31.6 Å². The lowest BCUT2D eigenvalue weighted by Gasteiger charge is -2.35. The first-order chi connectivity index (χ1) is 9.72. The zero-order valence-electron chi connectivity index (χ0n) is 11.4. The Kier molecular flexibility index (Phi) is 4.61. The standard InChI is InChI=1S/C15H20BrNO3/c16-13-4-3-12(18)8-11(13)9-17-5-7-20-15(10-17)14-2-1-6-19-14/h3-4,8,14-15,18H,1-2,5-7,9-10H2/t14-,15+/m0/s1. The first kappa shape index (κ1) is 14.3. The van der Waals surface area contributed by atoms with Crippen LogP contribution < -0.4 is 0 Å². The third-order valence-corrected chi connectivity index (χ3v) is 4.75. The number of halogens is 1. The quantitative estimate of drug-likeness (QED) is 0.917. The molecule has 0 amide bonds. The average Bonchev–Trinajstić information content (AvgIpc) is 2.97. The molecule has 2 fully saturated rings. The predicted octanol–water partition coefficient (Wildman–Crippen LogP) is 2.53. The number of rotatable bonds is 3. The highest BCUT2D eigenvalue weighted by molar-refractivity contribution is 9.10. The molecule has 0 spiro atoms. The van der Waals surface area contributed by atoms with Gasteiger partial charge in [-0.15, -0.1) is 0 Å². The van der Waals surface area contributed by atoms with Gasteiger partial charge in [0.25, 0.3) is 0 Å². The van der Waals surface area contributed by atoms with Crippen molar-refractivity contribution in [2.75, 3.05) is 26.3 Å². The number of morpholine rings is 1. The number of ether oxygens (including phenoxy) is 2. The van der Waals surface area contributed by atoms with Crippen molar-refractivity contribution in [3.05, 3.63) is 28.2 Å². The largest absolute Gasteiger partial charge is 0.508 e. The summed E-state index contributed by atoms with van der Waals surface area (Å²) in [6.45, 7) is 4.25. The lowest BCUT2D eigenvalue weighted by molar-refractivity contribution is -0.0960. The van der Waals surface area contributed by atoms with E-state index in [1.807, 2.05) is 12.1 Å². The van der Waals surface area contributed by atoms with Gasteiger partial charge in [-0.2, -0.15) is 0 Å². The molecule has 3 rings (SSSR count). The summed E-state index contributed by atoms with van der Waals surface area (Å²) in [6.07, 6.45) is 2.68. The van der Waals surface area contributed by atoms with Gasteiger partial charge in [0.15, 0.2) is 0 Å². The van der Waals surface area contributed by atoms with E-state index >= 15 is 0 Å². The Morgan fingerprint density at radius 1 is 1.25 bits per heavy atom. The SMILES string of the molecule is Oc1ccc(Br)c(CN2CCO[C@@H]([C@@H]3CCCO3)C2)c1. The van der Waals surface area contributed by atoms with Crippen LogP contribution in [-0.2, 0) is 16.0 Å². The van der Waals surface area contributed by atoms with Crippen LogP contribution >= 0.6 is 15.9 Å². The van der Waals surface area contributed by atoms with Crippen LogP contribution in [0, 0.1) is 0 Å². The zero-order valence-corrected chi connectivity index (χ0v) is 13.0. The van der Waals surface area contributed by atoms with Gasteiger partial charge in [-0.25, -0.2) is 0 Å². The van der Waals surface area contributed by atoms with Crippen molar-refractivity contribution >= 4 is 15.9 Å². The zero-order chi connectivity index (χ0) is 13.9.